The number of nitrogens with one attached hydrogen (secondary N) is 2. The van der Waals surface area contributed by atoms with Gasteiger partial charge in [-0.25, -0.2) is 5.48 Å². The predicted octanol–water partition coefficient (Wildman–Crippen LogP) is 1.93. The molecule has 0 aromatic carbocycles. The molecule has 0 bridgehead atoms. The average Bonchev–Trinajstić information content (AvgIpc) is 2.16. The number of carbonyl (C=O) groups excluding carboxylic acids is 1. The lowest BCUT2D eigenvalue weighted by atomic mass is 9.87. The van der Waals surface area contributed by atoms with Gasteiger partial charge in [0.2, 0.25) is 5.91 Å². The standard InChI is InChI=1S/C12H26N2O2/c1-7-10(8(2)14-16)11(15)13-9(3)12(4,5)6/h8-10,14,16H,7H2,1-6H3,(H,13,15). The van der Waals surface area contributed by atoms with Gasteiger partial charge < -0.3 is 10.5 Å². The lowest BCUT2D eigenvalue weighted by molar-refractivity contribution is -0.128. The summed E-state index contributed by atoms with van der Waals surface area (Å²) < 4.78 is 0. The van der Waals surface area contributed by atoms with Gasteiger partial charge in [0.1, 0.15) is 0 Å². The molecule has 0 radical (unpaired) electrons. The molecule has 4 nitrogen and oxygen atoms in total. The van der Waals surface area contributed by atoms with Crippen molar-refractivity contribution in [3.05, 3.63) is 0 Å². The van der Waals surface area contributed by atoms with Gasteiger partial charge in [-0.1, -0.05) is 27.7 Å². The van der Waals surface area contributed by atoms with E-state index in [1.165, 1.54) is 0 Å². The largest absolute Gasteiger partial charge is 0.353 e. The first-order chi connectivity index (χ1) is 7.23. The molecule has 4 heteroatoms. The maximum absolute atomic E-state index is 12.0. The Bertz CT molecular complexity index is 224. The molecule has 3 N–H and O–H groups in total. The van der Waals surface area contributed by atoms with Crippen LogP contribution in [0.2, 0.25) is 0 Å². The summed E-state index contributed by atoms with van der Waals surface area (Å²) in [6.07, 6.45) is 0.706. The highest BCUT2D eigenvalue weighted by Crippen LogP contribution is 2.19. The fraction of sp³-hybridized carbons (Fsp3) is 0.917. The molecule has 0 aromatic rings. The molecule has 3 atom stereocenters. The zero-order valence-corrected chi connectivity index (χ0v) is 11.3. The molecule has 0 aliphatic rings. The number of hydroxylamine groups is 1. The third-order valence-corrected chi connectivity index (χ3v) is 3.24. The van der Waals surface area contributed by atoms with E-state index in [9.17, 15) is 4.79 Å². The van der Waals surface area contributed by atoms with Crippen LogP contribution in [0.3, 0.4) is 0 Å². The van der Waals surface area contributed by atoms with Crippen molar-refractivity contribution in [2.45, 2.75) is 60.0 Å². The van der Waals surface area contributed by atoms with E-state index < -0.39 is 0 Å². The zero-order chi connectivity index (χ0) is 12.9. The van der Waals surface area contributed by atoms with Crippen LogP contribution in [0.1, 0.15) is 48.0 Å². The van der Waals surface area contributed by atoms with Crippen LogP contribution in [0, 0.1) is 11.3 Å². The predicted molar refractivity (Wildman–Crippen MR) is 65.2 cm³/mol. The Labute approximate surface area is 98.8 Å². The van der Waals surface area contributed by atoms with Crippen LogP contribution in [0.4, 0.5) is 0 Å². The SMILES string of the molecule is CCC(C(=O)NC(C)C(C)(C)C)C(C)NO. The molecule has 96 valence electrons. The summed E-state index contributed by atoms with van der Waals surface area (Å²) in [5, 5.41) is 11.8. The van der Waals surface area contributed by atoms with Crippen molar-refractivity contribution >= 4 is 5.91 Å². The van der Waals surface area contributed by atoms with Crippen molar-refractivity contribution in [3.8, 4) is 0 Å². The van der Waals surface area contributed by atoms with Crippen LogP contribution in [-0.4, -0.2) is 23.2 Å². The summed E-state index contributed by atoms with van der Waals surface area (Å²) in [7, 11) is 0. The lowest BCUT2D eigenvalue weighted by Crippen LogP contribution is -2.48. The zero-order valence-electron chi connectivity index (χ0n) is 11.3. The number of rotatable bonds is 5. The summed E-state index contributed by atoms with van der Waals surface area (Å²) in [5.74, 6) is -0.200. The molecule has 0 saturated heterocycles. The van der Waals surface area contributed by atoms with Gasteiger partial charge in [0.15, 0.2) is 0 Å². The smallest absolute Gasteiger partial charge is 0.224 e. The van der Waals surface area contributed by atoms with Gasteiger partial charge in [-0.2, -0.15) is 0 Å². The molecule has 0 aliphatic heterocycles. The van der Waals surface area contributed by atoms with E-state index in [1.54, 1.807) is 6.92 Å². The first kappa shape index (κ1) is 15.4. The molecule has 16 heavy (non-hydrogen) atoms. The third-order valence-electron chi connectivity index (χ3n) is 3.24. The van der Waals surface area contributed by atoms with Gasteiger partial charge in [0.05, 0.1) is 5.92 Å². The van der Waals surface area contributed by atoms with Crippen LogP contribution in [0.25, 0.3) is 0 Å². The molecule has 3 unspecified atom stereocenters. The molecule has 0 fully saturated rings. The number of hydrogen-bond donors (Lipinski definition) is 3. The topological polar surface area (TPSA) is 61.4 Å². The Morgan fingerprint density at radius 1 is 1.31 bits per heavy atom. The Hall–Kier alpha value is -0.610. The maximum atomic E-state index is 12.0. The van der Waals surface area contributed by atoms with Crippen LogP contribution >= 0.6 is 0 Å². The van der Waals surface area contributed by atoms with Gasteiger partial charge in [-0.15, -0.1) is 0 Å². The molecule has 0 rings (SSSR count). The molecule has 1 amide bonds. The second-order valence-electron chi connectivity index (χ2n) is 5.53. The Balaban J connectivity index is 4.44. The highest BCUT2D eigenvalue weighted by molar-refractivity contribution is 5.79. The van der Waals surface area contributed by atoms with Crippen molar-refractivity contribution < 1.29 is 10.0 Å². The van der Waals surface area contributed by atoms with E-state index in [4.69, 9.17) is 5.21 Å². The van der Waals surface area contributed by atoms with E-state index >= 15 is 0 Å². The second-order valence-corrected chi connectivity index (χ2v) is 5.53. The van der Waals surface area contributed by atoms with E-state index in [-0.39, 0.29) is 29.3 Å². The summed E-state index contributed by atoms with van der Waals surface area (Å²) in [6.45, 7) is 12.0. The van der Waals surface area contributed by atoms with Crippen molar-refractivity contribution in [3.63, 3.8) is 0 Å². The van der Waals surface area contributed by atoms with Crippen LogP contribution in [0.5, 0.6) is 0 Å². The monoisotopic (exact) mass is 230 g/mol. The van der Waals surface area contributed by atoms with Crippen LogP contribution in [0.15, 0.2) is 0 Å². The van der Waals surface area contributed by atoms with E-state index in [1.807, 2.05) is 13.8 Å². The molecular weight excluding hydrogens is 204 g/mol. The van der Waals surface area contributed by atoms with Crippen LogP contribution in [-0.2, 0) is 4.79 Å². The molecule has 0 spiro atoms. The third kappa shape index (κ3) is 4.49. The van der Waals surface area contributed by atoms with E-state index in [2.05, 4.69) is 31.6 Å². The quantitative estimate of drug-likeness (QED) is 0.632. The fourth-order valence-corrected chi connectivity index (χ4v) is 1.39. The van der Waals surface area contributed by atoms with Crippen molar-refractivity contribution in [2.24, 2.45) is 11.3 Å². The van der Waals surface area contributed by atoms with Crippen molar-refractivity contribution in [1.29, 1.82) is 0 Å². The van der Waals surface area contributed by atoms with Gasteiger partial charge >= 0.3 is 0 Å². The Morgan fingerprint density at radius 2 is 1.81 bits per heavy atom. The molecule has 0 aliphatic carbocycles. The highest BCUT2D eigenvalue weighted by Gasteiger charge is 2.27. The molecule has 0 heterocycles. The first-order valence-electron chi connectivity index (χ1n) is 5.94. The van der Waals surface area contributed by atoms with E-state index in [0.29, 0.717) is 6.42 Å². The summed E-state index contributed by atoms with van der Waals surface area (Å²) in [6, 6.07) is -0.114. The molecular formula is C12H26N2O2. The minimum atomic E-state index is -0.225. The number of amides is 1. The second kappa shape index (κ2) is 6.21. The molecule has 0 aromatic heterocycles. The highest BCUT2D eigenvalue weighted by atomic mass is 16.5. The minimum Gasteiger partial charge on any atom is -0.353 e. The van der Waals surface area contributed by atoms with Gasteiger partial charge in [-0.05, 0) is 25.7 Å². The minimum absolute atomic E-state index is 0.000949. The summed E-state index contributed by atoms with van der Waals surface area (Å²) in [5.41, 5.74) is 2.19. The van der Waals surface area contributed by atoms with E-state index in [0.717, 1.165) is 0 Å². The normalized spacial score (nSPS) is 17.7. The first-order valence-corrected chi connectivity index (χ1v) is 5.94. The number of hydrogen-bond acceptors (Lipinski definition) is 3. The van der Waals surface area contributed by atoms with Crippen molar-refractivity contribution in [1.82, 2.24) is 10.8 Å². The van der Waals surface area contributed by atoms with Gasteiger partial charge in [-0.3, -0.25) is 4.79 Å². The van der Waals surface area contributed by atoms with Crippen molar-refractivity contribution in [2.75, 3.05) is 0 Å². The Kier molecular flexibility index (Phi) is 5.97. The number of carbonyl (C=O) groups is 1. The lowest BCUT2D eigenvalue weighted by Gasteiger charge is -2.30. The Morgan fingerprint density at radius 3 is 2.12 bits per heavy atom. The summed E-state index contributed by atoms with van der Waals surface area (Å²) >= 11 is 0. The van der Waals surface area contributed by atoms with Gasteiger partial charge in [0, 0.05) is 12.1 Å². The van der Waals surface area contributed by atoms with Gasteiger partial charge in [0.25, 0.3) is 0 Å². The van der Waals surface area contributed by atoms with Crippen LogP contribution < -0.4 is 10.8 Å². The fourth-order valence-electron chi connectivity index (χ4n) is 1.39. The summed E-state index contributed by atoms with van der Waals surface area (Å²) in [4.78, 5) is 12.0. The molecule has 0 saturated carbocycles. The average molecular weight is 230 g/mol. The maximum Gasteiger partial charge on any atom is 0.224 e.